The molecule has 0 radical (unpaired) electrons. The van der Waals surface area contributed by atoms with Crippen LogP contribution in [-0.2, 0) is 4.74 Å². The highest BCUT2D eigenvalue weighted by molar-refractivity contribution is 5.39. The normalized spacial score (nSPS) is 23.7. The van der Waals surface area contributed by atoms with E-state index in [4.69, 9.17) is 14.2 Å². The molecule has 1 fully saturated rings. The van der Waals surface area contributed by atoms with Gasteiger partial charge in [-0.05, 0) is 25.0 Å². The Morgan fingerprint density at radius 3 is 2.83 bits per heavy atom. The molecule has 18 heavy (non-hydrogen) atoms. The van der Waals surface area contributed by atoms with Crippen molar-refractivity contribution in [2.45, 2.75) is 18.9 Å². The Bertz CT molecular complexity index is 367. The lowest BCUT2D eigenvalue weighted by molar-refractivity contribution is -0.0418. The molecule has 0 bridgehead atoms. The molecule has 0 saturated carbocycles. The number of aliphatic hydroxyl groups excluding tert-OH is 1. The predicted molar refractivity (Wildman–Crippen MR) is 68.0 cm³/mol. The van der Waals surface area contributed by atoms with Gasteiger partial charge in [0, 0.05) is 12.5 Å². The Morgan fingerprint density at radius 2 is 2.11 bits per heavy atom. The highest BCUT2D eigenvalue weighted by Crippen LogP contribution is 2.26. The lowest BCUT2D eigenvalue weighted by atomic mass is 9.96. The van der Waals surface area contributed by atoms with Crippen molar-refractivity contribution in [3.8, 4) is 11.5 Å². The number of ether oxygens (including phenoxy) is 3. The van der Waals surface area contributed by atoms with E-state index in [0.717, 1.165) is 24.3 Å². The van der Waals surface area contributed by atoms with Crippen molar-refractivity contribution in [1.82, 2.24) is 0 Å². The van der Waals surface area contributed by atoms with Crippen LogP contribution in [0.4, 0.5) is 0 Å². The minimum absolute atomic E-state index is 0.174. The third-order valence-corrected chi connectivity index (χ3v) is 3.25. The maximum absolute atomic E-state index is 9.81. The monoisotopic (exact) mass is 252 g/mol. The molecule has 2 atom stereocenters. The Kier molecular flexibility index (Phi) is 4.84. The van der Waals surface area contributed by atoms with Crippen LogP contribution in [0.3, 0.4) is 0 Å². The molecule has 1 N–H and O–H groups in total. The van der Waals surface area contributed by atoms with Gasteiger partial charge in [-0.15, -0.1) is 0 Å². The van der Waals surface area contributed by atoms with Gasteiger partial charge in [0.1, 0.15) is 0 Å². The quantitative estimate of drug-likeness (QED) is 0.869. The van der Waals surface area contributed by atoms with Gasteiger partial charge >= 0.3 is 0 Å². The second kappa shape index (κ2) is 6.61. The molecule has 1 aliphatic heterocycles. The van der Waals surface area contributed by atoms with E-state index in [0.29, 0.717) is 19.8 Å². The first-order chi connectivity index (χ1) is 8.81. The molecule has 1 aromatic carbocycles. The van der Waals surface area contributed by atoms with Crippen LogP contribution in [0.15, 0.2) is 24.3 Å². The first-order valence-electron chi connectivity index (χ1n) is 6.33. The van der Waals surface area contributed by atoms with Crippen LogP contribution < -0.4 is 9.47 Å². The van der Waals surface area contributed by atoms with Crippen LogP contribution in [0.2, 0.25) is 0 Å². The first kappa shape index (κ1) is 13.2. The van der Waals surface area contributed by atoms with Crippen molar-refractivity contribution < 1.29 is 19.3 Å². The van der Waals surface area contributed by atoms with E-state index in [-0.39, 0.29) is 12.0 Å². The van der Waals surface area contributed by atoms with Gasteiger partial charge in [0.25, 0.3) is 0 Å². The van der Waals surface area contributed by atoms with Crippen LogP contribution in [0.25, 0.3) is 0 Å². The molecular formula is C14H20O4. The van der Waals surface area contributed by atoms with Gasteiger partial charge in [-0.3, -0.25) is 0 Å². The number of para-hydroxylation sites is 2. The summed E-state index contributed by atoms with van der Waals surface area (Å²) in [7, 11) is 1.63. The molecule has 1 aliphatic rings. The van der Waals surface area contributed by atoms with Gasteiger partial charge in [0.15, 0.2) is 11.5 Å². The number of hydrogen-bond acceptors (Lipinski definition) is 4. The lowest BCUT2D eigenvalue weighted by Crippen LogP contribution is -2.32. The van der Waals surface area contributed by atoms with Crippen molar-refractivity contribution in [3.63, 3.8) is 0 Å². The number of benzene rings is 1. The second-order valence-corrected chi connectivity index (χ2v) is 4.48. The molecule has 0 aromatic heterocycles. The largest absolute Gasteiger partial charge is 0.493 e. The van der Waals surface area contributed by atoms with Crippen molar-refractivity contribution in [2.75, 3.05) is 26.9 Å². The molecule has 0 aliphatic carbocycles. The summed E-state index contributed by atoms with van der Waals surface area (Å²) in [6, 6.07) is 7.57. The fraction of sp³-hybridized carbons (Fsp3) is 0.571. The van der Waals surface area contributed by atoms with Crippen molar-refractivity contribution >= 4 is 0 Å². The van der Waals surface area contributed by atoms with E-state index >= 15 is 0 Å². The van der Waals surface area contributed by atoms with E-state index in [1.54, 1.807) is 7.11 Å². The summed E-state index contributed by atoms with van der Waals surface area (Å²) in [5, 5.41) is 9.81. The molecular weight excluding hydrogens is 232 g/mol. The molecule has 4 nitrogen and oxygen atoms in total. The van der Waals surface area contributed by atoms with Gasteiger partial charge in [0.2, 0.25) is 0 Å². The number of rotatable bonds is 5. The zero-order chi connectivity index (χ0) is 12.8. The summed E-state index contributed by atoms with van der Waals surface area (Å²) >= 11 is 0. The Hall–Kier alpha value is -1.26. The zero-order valence-electron chi connectivity index (χ0n) is 10.7. The summed E-state index contributed by atoms with van der Waals surface area (Å²) in [5.74, 6) is 1.65. The fourth-order valence-electron chi connectivity index (χ4n) is 2.12. The van der Waals surface area contributed by atoms with Gasteiger partial charge in [-0.2, -0.15) is 0 Å². The Morgan fingerprint density at radius 1 is 1.33 bits per heavy atom. The highest BCUT2D eigenvalue weighted by atomic mass is 16.5. The maximum Gasteiger partial charge on any atom is 0.161 e. The van der Waals surface area contributed by atoms with Crippen LogP contribution in [0.1, 0.15) is 12.8 Å². The molecule has 0 spiro atoms. The minimum atomic E-state index is -0.264. The zero-order valence-corrected chi connectivity index (χ0v) is 10.7. The molecule has 0 amide bonds. The third kappa shape index (κ3) is 3.37. The van der Waals surface area contributed by atoms with Gasteiger partial charge in [-0.25, -0.2) is 0 Å². The van der Waals surface area contributed by atoms with Gasteiger partial charge in [0.05, 0.1) is 26.4 Å². The van der Waals surface area contributed by atoms with Crippen LogP contribution in [-0.4, -0.2) is 38.1 Å². The molecule has 1 saturated heterocycles. The average Bonchev–Trinajstić information content (AvgIpc) is 2.41. The van der Waals surface area contributed by atoms with Crippen molar-refractivity contribution in [2.24, 2.45) is 5.92 Å². The van der Waals surface area contributed by atoms with E-state index in [9.17, 15) is 5.11 Å². The predicted octanol–water partition coefficient (Wildman–Crippen LogP) is 1.86. The van der Waals surface area contributed by atoms with Gasteiger partial charge < -0.3 is 19.3 Å². The Labute approximate surface area is 107 Å². The van der Waals surface area contributed by atoms with Crippen molar-refractivity contribution in [3.05, 3.63) is 24.3 Å². The molecule has 1 aromatic rings. The minimum Gasteiger partial charge on any atom is -0.493 e. The summed E-state index contributed by atoms with van der Waals surface area (Å²) in [6.07, 6.45) is 1.25. The number of methoxy groups -OCH3 is 1. The average molecular weight is 252 g/mol. The summed E-state index contributed by atoms with van der Waals surface area (Å²) in [6.45, 7) is 1.84. The maximum atomic E-state index is 9.81. The lowest BCUT2D eigenvalue weighted by Gasteiger charge is -2.27. The molecule has 2 unspecified atom stereocenters. The molecule has 1 heterocycles. The van der Waals surface area contributed by atoms with Crippen LogP contribution >= 0.6 is 0 Å². The Balaban J connectivity index is 1.80. The van der Waals surface area contributed by atoms with E-state index in [1.165, 1.54) is 0 Å². The highest BCUT2D eigenvalue weighted by Gasteiger charge is 2.23. The summed E-state index contributed by atoms with van der Waals surface area (Å²) < 4.78 is 16.3. The standard InChI is InChI=1S/C14H20O4/c1-16-13-4-2-3-5-14(13)18-9-6-11-10-17-8-7-12(11)15/h2-5,11-12,15H,6-10H2,1H3. The number of hydrogen-bond donors (Lipinski definition) is 1. The molecule has 100 valence electrons. The smallest absolute Gasteiger partial charge is 0.161 e. The fourth-order valence-corrected chi connectivity index (χ4v) is 2.12. The van der Waals surface area contributed by atoms with E-state index < -0.39 is 0 Å². The summed E-state index contributed by atoms with van der Waals surface area (Å²) in [4.78, 5) is 0. The summed E-state index contributed by atoms with van der Waals surface area (Å²) in [5.41, 5.74) is 0. The third-order valence-electron chi connectivity index (χ3n) is 3.25. The number of aliphatic hydroxyl groups is 1. The molecule has 2 rings (SSSR count). The first-order valence-corrected chi connectivity index (χ1v) is 6.33. The van der Waals surface area contributed by atoms with Crippen LogP contribution in [0.5, 0.6) is 11.5 Å². The topological polar surface area (TPSA) is 47.9 Å². The molecule has 4 heteroatoms. The second-order valence-electron chi connectivity index (χ2n) is 4.48. The van der Waals surface area contributed by atoms with E-state index in [1.807, 2.05) is 24.3 Å². The SMILES string of the molecule is COc1ccccc1OCCC1COCCC1O. The van der Waals surface area contributed by atoms with Gasteiger partial charge in [-0.1, -0.05) is 12.1 Å². The van der Waals surface area contributed by atoms with E-state index in [2.05, 4.69) is 0 Å². The van der Waals surface area contributed by atoms with Crippen LogP contribution in [0, 0.1) is 5.92 Å². The van der Waals surface area contributed by atoms with Crippen molar-refractivity contribution in [1.29, 1.82) is 0 Å².